The van der Waals surface area contributed by atoms with E-state index >= 15 is 0 Å². The third-order valence-corrected chi connectivity index (χ3v) is 6.55. The highest BCUT2D eigenvalue weighted by Crippen LogP contribution is 2.41. The lowest BCUT2D eigenvalue weighted by Gasteiger charge is -2.46. The predicted molar refractivity (Wildman–Crippen MR) is 116 cm³/mol. The molecule has 5 heterocycles. The molecule has 176 valence electrons. The Balaban J connectivity index is 1.46. The Bertz CT molecular complexity index is 1050. The first-order valence-electron chi connectivity index (χ1n) is 11.1. The van der Waals surface area contributed by atoms with Crippen LogP contribution in [0.5, 0.6) is 0 Å². The van der Waals surface area contributed by atoms with Gasteiger partial charge in [-0.05, 0) is 37.8 Å². The van der Waals surface area contributed by atoms with Crippen molar-refractivity contribution in [1.82, 2.24) is 9.97 Å². The molecule has 0 saturated carbocycles. The van der Waals surface area contributed by atoms with Gasteiger partial charge in [-0.1, -0.05) is 0 Å². The molecule has 5 rings (SSSR count). The lowest BCUT2D eigenvalue weighted by Crippen LogP contribution is -2.56. The number of rotatable bonds is 2. The van der Waals surface area contributed by atoms with E-state index in [0.29, 0.717) is 31.1 Å². The van der Waals surface area contributed by atoms with Crippen LogP contribution in [0.4, 0.5) is 45.4 Å². The van der Waals surface area contributed by atoms with Crippen molar-refractivity contribution in [3.63, 3.8) is 0 Å². The second-order valence-electron chi connectivity index (χ2n) is 8.77. The van der Waals surface area contributed by atoms with Crippen LogP contribution in [0.2, 0.25) is 0 Å². The minimum Gasteiger partial charge on any atom is -0.366 e. The Morgan fingerprint density at radius 2 is 1.85 bits per heavy atom. The SMILES string of the molecule is O=C(Nc1cncc(F)c1)N1c2nc(N3CCCC(C(F)(F)F)C3)ccc2N2CCC[C@@H]1C2. The largest absolute Gasteiger partial charge is 0.393 e. The van der Waals surface area contributed by atoms with E-state index < -0.39 is 23.9 Å². The number of amides is 2. The van der Waals surface area contributed by atoms with Crippen molar-refractivity contribution in [1.29, 1.82) is 0 Å². The summed E-state index contributed by atoms with van der Waals surface area (Å²) in [7, 11) is 0. The summed E-state index contributed by atoms with van der Waals surface area (Å²) < 4.78 is 53.5. The number of aromatic nitrogens is 2. The number of carbonyl (C=O) groups is 1. The third kappa shape index (κ3) is 4.28. The van der Waals surface area contributed by atoms with E-state index in [9.17, 15) is 22.4 Å². The molecule has 0 aliphatic carbocycles. The van der Waals surface area contributed by atoms with Crippen LogP contribution in [-0.4, -0.2) is 54.4 Å². The Hall–Kier alpha value is -3.11. The maximum Gasteiger partial charge on any atom is 0.393 e. The van der Waals surface area contributed by atoms with Gasteiger partial charge in [-0.2, -0.15) is 13.2 Å². The van der Waals surface area contributed by atoms with Gasteiger partial charge in [0.1, 0.15) is 11.6 Å². The van der Waals surface area contributed by atoms with Crippen molar-refractivity contribution in [2.24, 2.45) is 5.92 Å². The zero-order valence-electron chi connectivity index (χ0n) is 17.9. The molecule has 2 amide bonds. The standard InChI is InChI=1S/C22H24F4N6O/c23-15-9-16(11-27-10-15)28-21(33)32-17-4-2-7-30(13-17)18-5-6-19(29-20(18)32)31-8-1-3-14(12-31)22(24,25)26/h5-6,9-11,14,17H,1-4,7-8,12-13H2,(H,28,33)/t14?,17-/m1/s1. The summed E-state index contributed by atoms with van der Waals surface area (Å²) in [6.07, 6.45) is 0.360. The third-order valence-electron chi connectivity index (χ3n) is 6.55. The van der Waals surface area contributed by atoms with Gasteiger partial charge in [0.25, 0.3) is 0 Å². The molecular formula is C22H24F4N6O. The molecule has 2 fully saturated rings. The van der Waals surface area contributed by atoms with Gasteiger partial charge < -0.3 is 15.1 Å². The van der Waals surface area contributed by atoms with Crippen molar-refractivity contribution < 1.29 is 22.4 Å². The Kier molecular flexibility index (Phi) is 5.49. The molecule has 0 radical (unpaired) electrons. The van der Waals surface area contributed by atoms with Crippen molar-refractivity contribution in [2.45, 2.75) is 37.9 Å². The molecule has 2 atom stereocenters. The van der Waals surface area contributed by atoms with Crippen LogP contribution in [0.15, 0.2) is 30.6 Å². The summed E-state index contributed by atoms with van der Waals surface area (Å²) in [6.45, 7) is 1.80. The number of urea groups is 1. The number of pyridine rings is 2. The maximum absolute atomic E-state index is 13.5. The van der Waals surface area contributed by atoms with Crippen LogP contribution in [-0.2, 0) is 0 Å². The Morgan fingerprint density at radius 1 is 1.06 bits per heavy atom. The second-order valence-corrected chi connectivity index (χ2v) is 8.77. The van der Waals surface area contributed by atoms with E-state index in [-0.39, 0.29) is 24.7 Å². The maximum atomic E-state index is 13.5. The van der Waals surface area contributed by atoms with Gasteiger partial charge in [-0.25, -0.2) is 14.2 Å². The lowest BCUT2D eigenvalue weighted by molar-refractivity contribution is -0.176. The van der Waals surface area contributed by atoms with Gasteiger partial charge in [0, 0.05) is 32.2 Å². The zero-order valence-corrected chi connectivity index (χ0v) is 17.9. The van der Waals surface area contributed by atoms with Crippen LogP contribution in [0.1, 0.15) is 25.7 Å². The topological polar surface area (TPSA) is 64.6 Å². The Labute approximate surface area is 188 Å². The van der Waals surface area contributed by atoms with Crippen LogP contribution in [0.3, 0.4) is 0 Å². The Morgan fingerprint density at radius 3 is 2.64 bits per heavy atom. The molecule has 7 nitrogen and oxygen atoms in total. The number of hydrogen-bond donors (Lipinski definition) is 1. The number of nitrogens with zero attached hydrogens (tertiary/aromatic N) is 5. The highest BCUT2D eigenvalue weighted by Gasteiger charge is 2.43. The van der Waals surface area contributed by atoms with Crippen LogP contribution >= 0.6 is 0 Å². The van der Waals surface area contributed by atoms with Gasteiger partial charge in [0.05, 0.1) is 35.7 Å². The molecule has 2 aromatic heterocycles. The van der Waals surface area contributed by atoms with Crippen LogP contribution < -0.4 is 20.0 Å². The highest BCUT2D eigenvalue weighted by atomic mass is 19.4. The lowest BCUT2D eigenvalue weighted by atomic mass is 9.97. The first kappa shape index (κ1) is 21.7. The molecule has 2 saturated heterocycles. The fraction of sp³-hybridized carbons (Fsp3) is 0.500. The van der Waals surface area contributed by atoms with Gasteiger partial charge in [-0.15, -0.1) is 0 Å². The average molecular weight is 464 g/mol. The molecule has 1 N–H and O–H groups in total. The fourth-order valence-corrected chi connectivity index (χ4v) is 4.97. The number of alkyl halides is 3. The summed E-state index contributed by atoms with van der Waals surface area (Å²) in [4.78, 5) is 27.1. The quantitative estimate of drug-likeness (QED) is 0.667. The van der Waals surface area contributed by atoms with Crippen molar-refractivity contribution in [2.75, 3.05) is 46.2 Å². The average Bonchev–Trinajstić information content (AvgIpc) is 2.78. The second kappa shape index (κ2) is 8.35. The smallest absolute Gasteiger partial charge is 0.366 e. The monoisotopic (exact) mass is 464 g/mol. The summed E-state index contributed by atoms with van der Waals surface area (Å²) in [5.41, 5.74) is 0.992. The summed E-state index contributed by atoms with van der Waals surface area (Å²) >= 11 is 0. The highest BCUT2D eigenvalue weighted by molar-refractivity contribution is 6.04. The van der Waals surface area contributed by atoms with Crippen molar-refractivity contribution in [3.8, 4) is 0 Å². The number of hydrogen-bond acceptors (Lipinski definition) is 5. The normalized spacial score (nSPS) is 22.7. The molecule has 11 heteroatoms. The summed E-state index contributed by atoms with van der Waals surface area (Å²) in [5, 5.41) is 2.69. The molecule has 2 bridgehead atoms. The molecule has 1 unspecified atom stereocenters. The molecule has 33 heavy (non-hydrogen) atoms. The number of anilines is 4. The van der Waals surface area contributed by atoms with E-state index in [1.807, 2.05) is 6.07 Å². The zero-order chi connectivity index (χ0) is 23.2. The number of halogens is 4. The van der Waals surface area contributed by atoms with E-state index in [1.54, 1.807) is 15.9 Å². The number of carbonyl (C=O) groups excluding carboxylic acids is 1. The van der Waals surface area contributed by atoms with Crippen molar-refractivity contribution in [3.05, 3.63) is 36.4 Å². The predicted octanol–water partition coefficient (Wildman–Crippen LogP) is 4.42. The molecule has 0 spiro atoms. The first-order chi connectivity index (χ1) is 15.8. The summed E-state index contributed by atoms with van der Waals surface area (Å²) in [5.74, 6) is -1.12. The minimum atomic E-state index is -4.25. The fourth-order valence-electron chi connectivity index (χ4n) is 4.97. The molecule has 3 aliphatic heterocycles. The number of fused-ring (bicyclic) bond motifs is 4. The van der Waals surface area contributed by atoms with E-state index in [0.717, 1.165) is 31.3 Å². The molecule has 2 aromatic rings. The summed E-state index contributed by atoms with van der Waals surface area (Å²) in [6, 6.07) is 4.14. The first-order valence-corrected chi connectivity index (χ1v) is 11.1. The van der Waals surface area contributed by atoms with Gasteiger partial charge in [-0.3, -0.25) is 9.88 Å². The van der Waals surface area contributed by atoms with Gasteiger partial charge in [0.15, 0.2) is 5.82 Å². The van der Waals surface area contributed by atoms with Crippen LogP contribution in [0.25, 0.3) is 0 Å². The minimum absolute atomic E-state index is 0.108. The van der Waals surface area contributed by atoms with Crippen molar-refractivity contribution >= 4 is 29.0 Å². The molecule has 0 aromatic carbocycles. The number of nitrogens with one attached hydrogen (secondary N) is 1. The van der Waals surface area contributed by atoms with E-state index in [2.05, 4.69) is 20.2 Å². The molecular weight excluding hydrogens is 440 g/mol. The van der Waals surface area contributed by atoms with Crippen LogP contribution in [0, 0.1) is 11.7 Å². The van der Waals surface area contributed by atoms with E-state index in [1.165, 1.54) is 12.3 Å². The van der Waals surface area contributed by atoms with Gasteiger partial charge in [0.2, 0.25) is 0 Å². The number of piperidine rings is 2. The van der Waals surface area contributed by atoms with Gasteiger partial charge >= 0.3 is 12.2 Å². The van der Waals surface area contributed by atoms with E-state index in [4.69, 9.17) is 0 Å². The molecule has 3 aliphatic rings.